The third-order valence-electron chi connectivity index (χ3n) is 6.42. The van der Waals surface area contributed by atoms with Crippen LogP contribution in [0.1, 0.15) is 73.1 Å². The lowest BCUT2D eigenvalue weighted by Gasteiger charge is -2.56. The van der Waals surface area contributed by atoms with Crippen LogP contribution in [-0.2, 0) is 10.3 Å². The number of unbranched alkanes of at least 4 members (excludes halogenated alkanes) is 1. The third-order valence-corrected chi connectivity index (χ3v) is 7.53. The SMILES string of the molecule is C#CCC(CCCCOc1ccc(Br)cc1Br)(n1cncn1)C(CC#CC)(OCCC)C(C)(C)C. The first-order valence-electron chi connectivity index (χ1n) is 12.1. The highest BCUT2D eigenvalue weighted by Gasteiger charge is 2.59. The molecule has 2 atom stereocenters. The molecule has 0 fully saturated rings. The van der Waals surface area contributed by atoms with E-state index in [2.05, 4.69) is 87.4 Å². The molecule has 0 saturated heterocycles. The Hall–Kier alpha value is -1.80. The highest BCUT2D eigenvalue weighted by molar-refractivity contribution is 9.11. The zero-order valence-electron chi connectivity index (χ0n) is 21.5. The number of aromatic nitrogens is 3. The minimum absolute atomic E-state index is 0.270. The number of hydrogen-bond acceptors (Lipinski definition) is 4. The molecule has 190 valence electrons. The Balaban J connectivity index is 2.39. The Morgan fingerprint density at radius 2 is 1.89 bits per heavy atom. The molecule has 1 aromatic carbocycles. The normalized spacial score (nSPS) is 14.8. The molecule has 0 bridgehead atoms. The van der Waals surface area contributed by atoms with Crippen molar-refractivity contribution >= 4 is 31.9 Å². The van der Waals surface area contributed by atoms with Crippen molar-refractivity contribution in [3.63, 3.8) is 0 Å². The predicted octanol–water partition coefficient (Wildman–Crippen LogP) is 7.40. The first-order valence-corrected chi connectivity index (χ1v) is 13.7. The smallest absolute Gasteiger partial charge is 0.137 e. The number of terminal acetylenes is 1. The minimum Gasteiger partial charge on any atom is -0.492 e. The van der Waals surface area contributed by atoms with Crippen LogP contribution in [0.5, 0.6) is 5.75 Å². The van der Waals surface area contributed by atoms with Crippen LogP contribution in [0.15, 0.2) is 39.8 Å². The molecule has 0 aliphatic rings. The van der Waals surface area contributed by atoms with Gasteiger partial charge in [0.1, 0.15) is 29.5 Å². The summed E-state index contributed by atoms with van der Waals surface area (Å²) < 4.78 is 16.7. The van der Waals surface area contributed by atoms with Crippen LogP contribution >= 0.6 is 31.9 Å². The average molecular weight is 607 g/mol. The Labute approximate surface area is 228 Å². The number of ether oxygens (including phenoxy) is 2. The monoisotopic (exact) mass is 605 g/mol. The summed E-state index contributed by atoms with van der Waals surface area (Å²) in [7, 11) is 0. The largest absolute Gasteiger partial charge is 0.492 e. The Kier molecular flexibility index (Phi) is 11.3. The fourth-order valence-corrected chi connectivity index (χ4v) is 5.89. The van der Waals surface area contributed by atoms with E-state index in [-0.39, 0.29) is 5.41 Å². The van der Waals surface area contributed by atoms with Gasteiger partial charge in [-0.3, -0.25) is 0 Å². The zero-order valence-corrected chi connectivity index (χ0v) is 24.7. The third kappa shape index (κ3) is 6.91. The number of rotatable bonds is 13. The van der Waals surface area contributed by atoms with E-state index in [1.165, 1.54) is 0 Å². The van der Waals surface area contributed by atoms with Gasteiger partial charge in [-0.15, -0.1) is 24.2 Å². The van der Waals surface area contributed by atoms with Crippen molar-refractivity contribution in [2.24, 2.45) is 5.41 Å². The molecule has 2 rings (SSSR count). The summed E-state index contributed by atoms with van der Waals surface area (Å²) in [5.74, 6) is 10.2. The summed E-state index contributed by atoms with van der Waals surface area (Å²) in [5.41, 5.74) is -1.56. The molecule has 0 spiro atoms. The van der Waals surface area contributed by atoms with Crippen molar-refractivity contribution in [1.29, 1.82) is 0 Å². The molecule has 0 aliphatic heterocycles. The van der Waals surface area contributed by atoms with Gasteiger partial charge < -0.3 is 9.47 Å². The van der Waals surface area contributed by atoms with E-state index >= 15 is 0 Å². The lowest BCUT2D eigenvalue weighted by Crippen LogP contribution is -2.64. The van der Waals surface area contributed by atoms with Crippen molar-refractivity contribution in [2.45, 2.75) is 84.3 Å². The maximum Gasteiger partial charge on any atom is 0.137 e. The quantitative estimate of drug-likeness (QED) is 0.176. The van der Waals surface area contributed by atoms with Crippen molar-refractivity contribution in [2.75, 3.05) is 13.2 Å². The highest BCUT2D eigenvalue weighted by atomic mass is 79.9. The van der Waals surface area contributed by atoms with E-state index in [0.29, 0.717) is 26.1 Å². The van der Waals surface area contributed by atoms with E-state index < -0.39 is 11.1 Å². The van der Waals surface area contributed by atoms with Crippen LogP contribution in [-0.4, -0.2) is 33.6 Å². The summed E-state index contributed by atoms with van der Waals surface area (Å²) in [6, 6.07) is 5.91. The zero-order chi connectivity index (χ0) is 26.0. The van der Waals surface area contributed by atoms with Gasteiger partial charge in [0.05, 0.1) is 11.1 Å². The summed E-state index contributed by atoms with van der Waals surface area (Å²) in [6.07, 6.45) is 13.8. The Morgan fingerprint density at radius 1 is 1.11 bits per heavy atom. The van der Waals surface area contributed by atoms with Gasteiger partial charge in [0.2, 0.25) is 0 Å². The average Bonchev–Trinajstić information content (AvgIpc) is 3.34. The highest BCUT2D eigenvalue weighted by Crippen LogP contribution is 2.52. The second kappa shape index (κ2) is 13.5. The molecule has 5 nitrogen and oxygen atoms in total. The molecule has 0 saturated carbocycles. The molecular formula is C28H37Br2N3O2. The number of benzene rings is 1. The Bertz CT molecular complexity index is 1030. The Morgan fingerprint density at radius 3 is 2.46 bits per heavy atom. The minimum atomic E-state index is -0.672. The van der Waals surface area contributed by atoms with Crippen LogP contribution in [0.3, 0.4) is 0 Å². The van der Waals surface area contributed by atoms with E-state index in [1.807, 2.05) is 29.8 Å². The second-order valence-electron chi connectivity index (χ2n) is 9.66. The van der Waals surface area contributed by atoms with E-state index in [4.69, 9.17) is 15.9 Å². The van der Waals surface area contributed by atoms with Crippen LogP contribution < -0.4 is 4.74 Å². The molecule has 0 amide bonds. The van der Waals surface area contributed by atoms with Crippen molar-refractivity contribution in [3.05, 3.63) is 39.8 Å². The maximum absolute atomic E-state index is 6.81. The fraction of sp³-hybridized carbons (Fsp3) is 0.571. The maximum atomic E-state index is 6.81. The number of hydrogen-bond donors (Lipinski definition) is 0. The molecule has 0 radical (unpaired) electrons. The first kappa shape index (κ1) is 29.4. The number of halogens is 2. The molecular weight excluding hydrogens is 570 g/mol. The summed E-state index contributed by atoms with van der Waals surface area (Å²) >= 11 is 7.04. The van der Waals surface area contributed by atoms with Crippen molar-refractivity contribution in [1.82, 2.24) is 14.8 Å². The molecule has 7 heteroatoms. The summed E-state index contributed by atoms with van der Waals surface area (Å²) in [4.78, 5) is 4.29. The lowest BCUT2D eigenvalue weighted by molar-refractivity contribution is -0.192. The summed E-state index contributed by atoms with van der Waals surface area (Å²) in [5, 5.41) is 4.61. The van der Waals surface area contributed by atoms with Crippen LogP contribution in [0, 0.1) is 29.6 Å². The van der Waals surface area contributed by atoms with Gasteiger partial charge in [0, 0.05) is 23.9 Å². The van der Waals surface area contributed by atoms with Gasteiger partial charge in [-0.05, 0) is 72.2 Å². The first-order chi connectivity index (χ1) is 16.7. The van der Waals surface area contributed by atoms with Crippen LogP contribution in [0.4, 0.5) is 0 Å². The van der Waals surface area contributed by atoms with E-state index in [0.717, 1.165) is 40.4 Å². The molecule has 0 aliphatic carbocycles. The van der Waals surface area contributed by atoms with Gasteiger partial charge in [-0.2, -0.15) is 5.10 Å². The molecule has 2 unspecified atom stereocenters. The van der Waals surface area contributed by atoms with Crippen molar-refractivity contribution < 1.29 is 9.47 Å². The standard InChI is InChI=1S/C28H37Br2N3O2/c1-7-10-17-28(26(4,5)6,35-18-9-3)27(15-8-2,33-22-31-21-32-33)16-11-12-19-34-25-14-13-23(29)20-24(25)30/h2,13-14,20-22H,9,11-12,15-19H2,1,3-6H3. The molecule has 1 heterocycles. The van der Waals surface area contributed by atoms with Crippen LogP contribution in [0.2, 0.25) is 0 Å². The second-order valence-corrected chi connectivity index (χ2v) is 11.4. The van der Waals surface area contributed by atoms with Gasteiger partial charge >= 0.3 is 0 Å². The molecule has 2 aromatic rings. The van der Waals surface area contributed by atoms with Gasteiger partial charge in [0.15, 0.2) is 0 Å². The van der Waals surface area contributed by atoms with Gasteiger partial charge in [-0.25, -0.2) is 9.67 Å². The van der Waals surface area contributed by atoms with Crippen LogP contribution in [0.25, 0.3) is 0 Å². The topological polar surface area (TPSA) is 49.2 Å². The lowest BCUT2D eigenvalue weighted by atomic mass is 9.60. The van der Waals surface area contributed by atoms with E-state index in [1.54, 1.807) is 12.7 Å². The molecule has 1 aromatic heterocycles. The summed E-state index contributed by atoms with van der Waals surface area (Å²) in [6.45, 7) is 11.8. The van der Waals surface area contributed by atoms with Gasteiger partial charge in [-0.1, -0.05) is 43.6 Å². The fourth-order valence-electron chi connectivity index (χ4n) is 4.72. The molecule has 35 heavy (non-hydrogen) atoms. The molecule has 0 N–H and O–H groups in total. The van der Waals surface area contributed by atoms with Crippen molar-refractivity contribution in [3.8, 4) is 29.9 Å². The van der Waals surface area contributed by atoms with Gasteiger partial charge in [0.25, 0.3) is 0 Å². The van der Waals surface area contributed by atoms with E-state index in [9.17, 15) is 0 Å². The predicted molar refractivity (Wildman–Crippen MR) is 149 cm³/mol. The number of nitrogens with zero attached hydrogens (tertiary/aromatic N) is 3.